The first kappa shape index (κ1) is 14.9. The molecule has 8 nitrogen and oxygen atoms in total. The van der Waals surface area contributed by atoms with E-state index in [4.69, 9.17) is 5.26 Å². The van der Waals surface area contributed by atoms with Crippen LogP contribution in [0, 0.1) is 31.6 Å². The molecule has 110 valence electrons. The van der Waals surface area contributed by atoms with Gasteiger partial charge in [0.25, 0.3) is 11.4 Å². The van der Waals surface area contributed by atoms with Gasteiger partial charge in [-0.15, -0.1) is 0 Å². The van der Waals surface area contributed by atoms with E-state index in [1.807, 2.05) is 6.07 Å². The fourth-order valence-corrected chi connectivity index (χ4v) is 1.87. The maximum absolute atomic E-state index is 10.7. The lowest BCUT2D eigenvalue weighted by Gasteiger charge is -2.08. The summed E-state index contributed by atoms with van der Waals surface area (Å²) in [5.41, 5.74) is 1.04. The van der Waals surface area contributed by atoms with Gasteiger partial charge < -0.3 is 5.32 Å². The standard InChI is InChI=1S/C14H10N4O4/c15-8-11-7-13(18(21)22)4-5-14(11)16-9-10-2-1-3-12(6-10)17(19)20/h1-7,16H,9H2. The minimum absolute atomic E-state index is 0.0245. The number of nitrogens with zero attached hydrogens (tertiary/aromatic N) is 3. The minimum Gasteiger partial charge on any atom is -0.380 e. The van der Waals surface area contributed by atoms with E-state index in [2.05, 4.69) is 5.32 Å². The third-order valence-electron chi connectivity index (χ3n) is 2.94. The molecule has 2 rings (SSSR count). The topological polar surface area (TPSA) is 122 Å². The van der Waals surface area contributed by atoms with E-state index in [9.17, 15) is 20.2 Å². The molecule has 0 bridgehead atoms. The normalized spacial score (nSPS) is 9.77. The zero-order valence-corrected chi connectivity index (χ0v) is 11.2. The fraction of sp³-hybridized carbons (Fsp3) is 0.0714. The minimum atomic E-state index is -0.578. The summed E-state index contributed by atoms with van der Waals surface area (Å²) in [5, 5.41) is 33.4. The van der Waals surface area contributed by atoms with Crippen molar-refractivity contribution in [1.82, 2.24) is 0 Å². The molecule has 2 aromatic carbocycles. The Kier molecular flexibility index (Phi) is 4.29. The van der Waals surface area contributed by atoms with Crippen molar-refractivity contribution >= 4 is 17.1 Å². The van der Waals surface area contributed by atoms with E-state index in [-0.39, 0.29) is 23.5 Å². The first-order valence-corrected chi connectivity index (χ1v) is 6.17. The molecule has 0 saturated heterocycles. The molecule has 8 heteroatoms. The fourth-order valence-electron chi connectivity index (χ4n) is 1.87. The van der Waals surface area contributed by atoms with E-state index in [0.29, 0.717) is 11.3 Å². The van der Waals surface area contributed by atoms with Crippen molar-refractivity contribution in [2.75, 3.05) is 5.32 Å². The van der Waals surface area contributed by atoms with Crippen LogP contribution in [0.1, 0.15) is 11.1 Å². The molecule has 0 aromatic heterocycles. The summed E-state index contributed by atoms with van der Waals surface area (Å²) in [5.74, 6) is 0. The molecule has 0 radical (unpaired) electrons. The number of nitro groups is 2. The lowest BCUT2D eigenvalue weighted by Crippen LogP contribution is -2.02. The number of hydrogen-bond donors (Lipinski definition) is 1. The SMILES string of the molecule is N#Cc1cc([N+](=O)[O-])ccc1NCc1cccc([N+](=O)[O-])c1. The average molecular weight is 298 g/mol. The number of nitro benzene ring substituents is 2. The molecule has 0 atom stereocenters. The Morgan fingerprint density at radius 3 is 2.36 bits per heavy atom. The highest BCUT2D eigenvalue weighted by atomic mass is 16.6. The Morgan fingerprint density at radius 1 is 1.05 bits per heavy atom. The number of anilines is 1. The van der Waals surface area contributed by atoms with Gasteiger partial charge in [0.1, 0.15) is 6.07 Å². The van der Waals surface area contributed by atoms with Gasteiger partial charge in [0.05, 0.1) is 21.1 Å². The van der Waals surface area contributed by atoms with E-state index < -0.39 is 9.85 Å². The van der Waals surface area contributed by atoms with Gasteiger partial charge in [-0.3, -0.25) is 20.2 Å². The third kappa shape index (κ3) is 3.34. The number of non-ortho nitro benzene ring substituents is 2. The molecule has 2 aromatic rings. The van der Waals surface area contributed by atoms with Crippen molar-refractivity contribution in [3.05, 3.63) is 73.8 Å². The number of nitriles is 1. The van der Waals surface area contributed by atoms with Crippen LogP contribution in [0.25, 0.3) is 0 Å². The number of nitrogens with one attached hydrogen (secondary N) is 1. The molecule has 22 heavy (non-hydrogen) atoms. The number of rotatable bonds is 5. The Balaban J connectivity index is 2.18. The predicted octanol–water partition coefficient (Wildman–Crippen LogP) is 2.99. The lowest BCUT2D eigenvalue weighted by molar-refractivity contribution is -0.385. The van der Waals surface area contributed by atoms with Crippen LogP contribution in [-0.2, 0) is 6.54 Å². The highest BCUT2D eigenvalue weighted by molar-refractivity contribution is 5.61. The van der Waals surface area contributed by atoms with Crippen LogP contribution in [0.4, 0.5) is 17.1 Å². The van der Waals surface area contributed by atoms with Crippen LogP contribution < -0.4 is 5.32 Å². The molecule has 0 unspecified atom stereocenters. The molecule has 0 amide bonds. The van der Waals surface area contributed by atoms with Crippen molar-refractivity contribution in [1.29, 1.82) is 5.26 Å². The second-order valence-corrected chi connectivity index (χ2v) is 4.38. The molecule has 0 heterocycles. The summed E-state index contributed by atoms with van der Waals surface area (Å²) < 4.78 is 0. The molecule has 0 fully saturated rings. The maximum Gasteiger partial charge on any atom is 0.270 e. The van der Waals surface area contributed by atoms with Crippen molar-refractivity contribution in [3.8, 4) is 6.07 Å². The molecular weight excluding hydrogens is 288 g/mol. The second kappa shape index (κ2) is 6.32. The maximum atomic E-state index is 10.7. The molecular formula is C14H10N4O4. The molecule has 0 aliphatic rings. The Morgan fingerprint density at radius 2 is 1.73 bits per heavy atom. The molecule has 0 aliphatic heterocycles. The van der Waals surface area contributed by atoms with E-state index in [0.717, 1.165) is 0 Å². The molecule has 1 N–H and O–H groups in total. The van der Waals surface area contributed by atoms with Crippen LogP contribution >= 0.6 is 0 Å². The third-order valence-corrected chi connectivity index (χ3v) is 2.94. The average Bonchev–Trinajstić information content (AvgIpc) is 2.52. The first-order chi connectivity index (χ1) is 10.5. The highest BCUT2D eigenvalue weighted by Crippen LogP contribution is 2.22. The van der Waals surface area contributed by atoms with Crippen molar-refractivity contribution in [3.63, 3.8) is 0 Å². The van der Waals surface area contributed by atoms with Crippen LogP contribution in [0.3, 0.4) is 0 Å². The predicted molar refractivity (Wildman–Crippen MR) is 78.2 cm³/mol. The number of benzene rings is 2. The quantitative estimate of drug-likeness (QED) is 0.668. The van der Waals surface area contributed by atoms with Gasteiger partial charge in [-0.05, 0) is 11.6 Å². The van der Waals surface area contributed by atoms with Gasteiger partial charge in [0.15, 0.2) is 0 Å². The summed E-state index contributed by atoms with van der Waals surface area (Å²) in [4.78, 5) is 20.3. The Labute approximate surface area is 124 Å². The number of hydrogen-bond acceptors (Lipinski definition) is 6. The molecule has 0 spiro atoms. The van der Waals surface area contributed by atoms with E-state index >= 15 is 0 Å². The van der Waals surface area contributed by atoms with Gasteiger partial charge in [0, 0.05) is 30.8 Å². The van der Waals surface area contributed by atoms with Crippen LogP contribution in [-0.4, -0.2) is 9.85 Å². The smallest absolute Gasteiger partial charge is 0.270 e. The monoisotopic (exact) mass is 298 g/mol. The van der Waals surface area contributed by atoms with Crippen molar-refractivity contribution in [2.45, 2.75) is 6.54 Å². The van der Waals surface area contributed by atoms with Crippen LogP contribution in [0.5, 0.6) is 0 Å². The zero-order valence-electron chi connectivity index (χ0n) is 11.2. The summed E-state index contributed by atoms with van der Waals surface area (Å²) in [6, 6.07) is 11.9. The molecule has 0 aliphatic carbocycles. The van der Waals surface area contributed by atoms with Crippen LogP contribution in [0.15, 0.2) is 42.5 Å². The highest BCUT2D eigenvalue weighted by Gasteiger charge is 2.11. The summed E-state index contributed by atoms with van der Waals surface area (Å²) >= 11 is 0. The Bertz CT molecular complexity index is 783. The summed E-state index contributed by atoms with van der Waals surface area (Å²) in [6.07, 6.45) is 0. The van der Waals surface area contributed by atoms with E-state index in [1.165, 1.54) is 30.3 Å². The lowest BCUT2D eigenvalue weighted by atomic mass is 10.1. The van der Waals surface area contributed by atoms with Crippen LogP contribution in [0.2, 0.25) is 0 Å². The zero-order chi connectivity index (χ0) is 16.1. The molecule has 0 saturated carbocycles. The second-order valence-electron chi connectivity index (χ2n) is 4.38. The van der Waals surface area contributed by atoms with Crippen molar-refractivity contribution < 1.29 is 9.85 Å². The van der Waals surface area contributed by atoms with Crippen molar-refractivity contribution in [2.24, 2.45) is 0 Å². The summed E-state index contributed by atoms with van der Waals surface area (Å²) in [7, 11) is 0. The van der Waals surface area contributed by atoms with E-state index in [1.54, 1.807) is 12.1 Å². The first-order valence-electron chi connectivity index (χ1n) is 6.17. The van der Waals surface area contributed by atoms with Gasteiger partial charge in [-0.2, -0.15) is 5.26 Å². The van der Waals surface area contributed by atoms with Gasteiger partial charge >= 0.3 is 0 Å². The van der Waals surface area contributed by atoms with Gasteiger partial charge in [-0.1, -0.05) is 12.1 Å². The van der Waals surface area contributed by atoms with Gasteiger partial charge in [0.2, 0.25) is 0 Å². The Hall–Kier alpha value is -3.47. The summed E-state index contributed by atoms with van der Waals surface area (Å²) in [6.45, 7) is 0.258. The largest absolute Gasteiger partial charge is 0.380 e. The van der Waals surface area contributed by atoms with Gasteiger partial charge in [-0.25, -0.2) is 0 Å².